The van der Waals surface area contributed by atoms with Crippen LogP contribution < -0.4 is 5.73 Å². The van der Waals surface area contributed by atoms with Gasteiger partial charge in [0.05, 0.1) is 6.10 Å². The van der Waals surface area contributed by atoms with E-state index < -0.39 is 31.2 Å². The molecule has 4 unspecified atom stereocenters. The number of ether oxygens (including phenoxy) is 1. The number of carbonyl (C=O) groups is 1. The highest BCUT2D eigenvalue weighted by Gasteiger charge is 2.13. The lowest BCUT2D eigenvalue weighted by atomic mass is 9.98. The average Bonchev–Trinajstić information content (AvgIpc) is 2.11. The number of hydrogen-bond acceptors (Lipinski definition) is 2. The predicted molar refractivity (Wildman–Crippen MR) is 42.0 cm³/mol. The predicted octanol–water partition coefficient (Wildman–Crippen LogP) is 0.821. The van der Waals surface area contributed by atoms with Gasteiger partial charge in [-0.3, -0.25) is 4.79 Å². The van der Waals surface area contributed by atoms with Gasteiger partial charge in [-0.15, -0.1) is 0 Å². The van der Waals surface area contributed by atoms with Crippen LogP contribution in [-0.2, 0) is 9.53 Å². The zero-order chi connectivity index (χ0) is 10.7. The lowest BCUT2D eigenvalue weighted by Crippen LogP contribution is -2.24. The molecule has 64 valence electrons. The van der Waals surface area contributed by atoms with Gasteiger partial charge in [-0.25, -0.2) is 0 Å². The third-order valence-corrected chi connectivity index (χ3v) is 1.48. The molecule has 0 saturated heterocycles. The normalized spacial score (nSPS) is 48.9. The molecule has 0 aromatic rings. The van der Waals surface area contributed by atoms with Crippen molar-refractivity contribution >= 4 is 5.91 Å². The van der Waals surface area contributed by atoms with Crippen LogP contribution >= 0.6 is 0 Å². The largest absolute Gasteiger partial charge is 0.368 e. The maximum atomic E-state index is 10.5. The topological polar surface area (TPSA) is 52.3 Å². The SMILES string of the molecule is [2H]C1CCC([2H])C(OCC(N)=O)C1[2H]. The Hall–Kier alpha value is -0.570. The molecule has 0 heterocycles. The average molecular weight is 160 g/mol. The lowest BCUT2D eigenvalue weighted by Gasteiger charge is -2.20. The number of nitrogens with two attached hydrogens (primary N) is 1. The van der Waals surface area contributed by atoms with E-state index >= 15 is 0 Å². The zero-order valence-corrected chi connectivity index (χ0v) is 6.32. The minimum atomic E-state index is -0.745. The summed E-state index contributed by atoms with van der Waals surface area (Å²) >= 11 is 0. The molecular formula is C8H15NO2. The van der Waals surface area contributed by atoms with Crippen LogP contribution in [-0.4, -0.2) is 18.6 Å². The summed E-state index contributed by atoms with van der Waals surface area (Å²) in [6.07, 6.45) is -1.33. The highest BCUT2D eigenvalue weighted by Crippen LogP contribution is 2.19. The molecule has 2 N–H and O–H groups in total. The van der Waals surface area contributed by atoms with Crippen LogP contribution in [0.15, 0.2) is 0 Å². The van der Waals surface area contributed by atoms with E-state index in [2.05, 4.69) is 0 Å². The molecule has 0 aromatic carbocycles. The second-order valence-corrected chi connectivity index (χ2v) is 2.48. The van der Waals surface area contributed by atoms with Gasteiger partial charge in [0.2, 0.25) is 5.91 Å². The standard InChI is InChI=1S/C8H15NO2/c9-8(10)6-11-7-4-2-1-3-5-7/h7H,1-6H2,(H2,9,10)/i2D,4D,5D. The first-order valence-electron chi connectivity index (χ1n) is 5.42. The minimum absolute atomic E-state index is 0.262. The summed E-state index contributed by atoms with van der Waals surface area (Å²) in [5.41, 5.74) is 4.90. The molecule has 1 rings (SSSR count). The maximum Gasteiger partial charge on any atom is 0.243 e. The molecule has 0 aromatic heterocycles. The van der Waals surface area contributed by atoms with Crippen LogP contribution in [0.1, 0.15) is 36.1 Å². The third-order valence-electron chi connectivity index (χ3n) is 1.48. The molecule has 3 heteroatoms. The van der Waals surface area contributed by atoms with Gasteiger partial charge in [0.25, 0.3) is 0 Å². The van der Waals surface area contributed by atoms with Crippen LogP contribution in [0.2, 0.25) is 0 Å². The first-order chi connectivity index (χ1) is 6.52. The Kier molecular flexibility index (Phi) is 2.03. The fourth-order valence-electron chi connectivity index (χ4n) is 0.968. The highest BCUT2D eigenvalue weighted by molar-refractivity contribution is 5.74. The summed E-state index contributed by atoms with van der Waals surface area (Å²) in [6.45, 7) is -0.262. The summed E-state index contributed by atoms with van der Waals surface area (Å²) < 4.78 is 27.8. The van der Waals surface area contributed by atoms with E-state index in [1.54, 1.807) is 0 Å². The monoisotopic (exact) mass is 160 g/mol. The smallest absolute Gasteiger partial charge is 0.243 e. The molecule has 1 saturated carbocycles. The first kappa shape index (κ1) is 5.14. The zero-order valence-electron chi connectivity index (χ0n) is 9.32. The van der Waals surface area contributed by atoms with Gasteiger partial charge in [0.15, 0.2) is 0 Å². The fourth-order valence-corrected chi connectivity index (χ4v) is 0.968. The van der Waals surface area contributed by atoms with Crippen molar-refractivity contribution in [2.75, 3.05) is 6.61 Å². The van der Waals surface area contributed by atoms with E-state index in [0.29, 0.717) is 12.8 Å². The van der Waals surface area contributed by atoms with Crippen molar-refractivity contribution in [3.8, 4) is 0 Å². The molecule has 0 aliphatic heterocycles. The Morgan fingerprint density at radius 2 is 2.45 bits per heavy atom. The van der Waals surface area contributed by atoms with Crippen molar-refractivity contribution in [2.45, 2.75) is 38.1 Å². The van der Waals surface area contributed by atoms with E-state index in [-0.39, 0.29) is 6.61 Å². The number of hydrogen-bond donors (Lipinski definition) is 1. The maximum absolute atomic E-state index is 10.5. The molecule has 0 bridgehead atoms. The van der Waals surface area contributed by atoms with Crippen LogP contribution in [0.3, 0.4) is 0 Å². The molecule has 11 heavy (non-hydrogen) atoms. The molecule has 4 atom stereocenters. The van der Waals surface area contributed by atoms with Gasteiger partial charge >= 0.3 is 0 Å². The summed E-state index contributed by atoms with van der Waals surface area (Å²) in [6, 6.07) is 0. The van der Waals surface area contributed by atoms with Gasteiger partial charge in [-0.2, -0.15) is 0 Å². The Labute approximate surface area is 71.1 Å². The van der Waals surface area contributed by atoms with Gasteiger partial charge in [0, 0.05) is 4.11 Å². The van der Waals surface area contributed by atoms with Crippen molar-refractivity contribution < 1.29 is 13.6 Å². The first-order valence-corrected chi connectivity index (χ1v) is 3.69. The highest BCUT2D eigenvalue weighted by atomic mass is 16.5. The Morgan fingerprint density at radius 1 is 1.64 bits per heavy atom. The Morgan fingerprint density at radius 3 is 3.18 bits per heavy atom. The van der Waals surface area contributed by atoms with Gasteiger partial charge in [-0.1, -0.05) is 19.2 Å². The number of primary amides is 1. The van der Waals surface area contributed by atoms with E-state index in [1.165, 1.54) is 0 Å². The fraction of sp³-hybridized carbons (Fsp3) is 0.875. The number of rotatable bonds is 3. The Balaban J connectivity index is 2.49. The molecular weight excluding hydrogens is 142 g/mol. The molecule has 3 nitrogen and oxygen atoms in total. The second-order valence-electron chi connectivity index (χ2n) is 2.48. The van der Waals surface area contributed by atoms with Crippen molar-refractivity contribution in [2.24, 2.45) is 5.73 Å². The molecule has 1 amide bonds. The quantitative estimate of drug-likeness (QED) is 0.664. The van der Waals surface area contributed by atoms with Crippen LogP contribution in [0.5, 0.6) is 0 Å². The number of carbonyl (C=O) groups excluding carboxylic acids is 1. The summed E-state index contributed by atoms with van der Waals surface area (Å²) in [5, 5.41) is 0. The van der Waals surface area contributed by atoms with Crippen LogP contribution in [0.4, 0.5) is 0 Å². The molecule has 0 radical (unpaired) electrons. The lowest BCUT2D eigenvalue weighted by molar-refractivity contribution is -0.125. The Bertz CT molecular complexity index is 215. The van der Waals surface area contributed by atoms with Crippen molar-refractivity contribution in [3.05, 3.63) is 0 Å². The third kappa shape index (κ3) is 3.37. The van der Waals surface area contributed by atoms with Crippen molar-refractivity contribution in [1.82, 2.24) is 0 Å². The minimum Gasteiger partial charge on any atom is -0.368 e. The summed E-state index contributed by atoms with van der Waals surface area (Å²) in [7, 11) is 0. The molecule has 0 spiro atoms. The molecule has 1 aliphatic rings. The summed E-state index contributed by atoms with van der Waals surface area (Å²) in [5.74, 6) is -0.600. The van der Waals surface area contributed by atoms with Crippen LogP contribution in [0, 0.1) is 0 Å². The van der Waals surface area contributed by atoms with E-state index in [1.807, 2.05) is 0 Å². The molecule has 1 fully saturated rings. The van der Waals surface area contributed by atoms with Crippen molar-refractivity contribution in [1.29, 1.82) is 0 Å². The number of amides is 1. The van der Waals surface area contributed by atoms with Gasteiger partial charge in [-0.05, 0) is 12.8 Å². The molecule has 1 aliphatic carbocycles. The van der Waals surface area contributed by atoms with Crippen molar-refractivity contribution in [3.63, 3.8) is 0 Å². The summed E-state index contributed by atoms with van der Waals surface area (Å²) in [4.78, 5) is 10.5. The van der Waals surface area contributed by atoms with E-state index in [4.69, 9.17) is 14.6 Å². The van der Waals surface area contributed by atoms with Gasteiger partial charge < -0.3 is 10.5 Å². The van der Waals surface area contributed by atoms with E-state index in [9.17, 15) is 4.79 Å². The van der Waals surface area contributed by atoms with Crippen LogP contribution in [0.25, 0.3) is 0 Å². The van der Waals surface area contributed by atoms with E-state index in [0.717, 1.165) is 0 Å². The van der Waals surface area contributed by atoms with Gasteiger partial charge in [0.1, 0.15) is 6.61 Å². The second kappa shape index (κ2) is 4.34.